The van der Waals surface area contributed by atoms with Gasteiger partial charge >= 0.3 is 0 Å². The van der Waals surface area contributed by atoms with Crippen molar-refractivity contribution < 1.29 is 9.47 Å². The van der Waals surface area contributed by atoms with E-state index < -0.39 is 0 Å². The van der Waals surface area contributed by atoms with Crippen LogP contribution in [0.1, 0.15) is 16.5 Å². The van der Waals surface area contributed by atoms with Gasteiger partial charge in [-0.05, 0) is 29.1 Å². The first-order valence-electron chi connectivity index (χ1n) is 5.72. The molecule has 7 heteroatoms. The lowest BCUT2D eigenvalue weighted by atomic mass is 10.1. The van der Waals surface area contributed by atoms with Crippen LogP contribution >= 0.6 is 34.5 Å². The number of hydrogen-bond donors (Lipinski definition) is 2. The Balaban J connectivity index is 2.51. The van der Waals surface area contributed by atoms with E-state index in [1.807, 2.05) is 17.5 Å². The third-order valence-electron chi connectivity index (χ3n) is 2.86. The van der Waals surface area contributed by atoms with Crippen LogP contribution in [0.15, 0.2) is 23.6 Å². The van der Waals surface area contributed by atoms with Gasteiger partial charge in [-0.25, -0.2) is 5.43 Å². The van der Waals surface area contributed by atoms with Crippen LogP contribution in [0, 0.1) is 0 Å². The second-order valence-electron chi connectivity index (χ2n) is 3.97. The van der Waals surface area contributed by atoms with E-state index in [0.29, 0.717) is 21.5 Å². The molecule has 0 radical (unpaired) electrons. The van der Waals surface area contributed by atoms with Crippen LogP contribution in [0.25, 0.3) is 0 Å². The van der Waals surface area contributed by atoms with Gasteiger partial charge in [0.1, 0.15) is 0 Å². The fourth-order valence-corrected chi connectivity index (χ4v) is 3.49. The molecule has 0 bridgehead atoms. The molecule has 0 fully saturated rings. The summed E-state index contributed by atoms with van der Waals surface area (Å²) in [6.45, 7) is 0. The van der Waals surface area contributed by atoms with E-state index in [1.54, 1.807) is 13.2 Å². The van der Waals surface area contributed by atoms with E-state index in [-0.39, 0.29) is 6.04 Å². The lowest BCUT2D eigenvalue weighted by molar-refractivity contribution is 0.354. The summed E-state index contributed by atoms with van der Waals surface area (Å²) in [4.78, 5) is 0.914. The zero-order valence-electron chi connectivity index (χ0n) is 10.9. The van der Waals surface area contributed by atoms with Gasteiger partial charge in [0.15, 0.2) is 11.5 Å². The summed E-state index contributed by atoms with van der Waals surface area (Å²) in [6, 6.07) is 5.17. The molecule has 1 heterocycles. The van der Waals surface area contributed by atoms with E-state index >= 15 is 0 Å². The monoisotopic (exact) mass is 332 g/mol. The number of rotatable bonds is 5. The Morgan fingerprint density at radius 2 is 1.95 bits per heavy atom. The Hall–Kier alpha value is -0.980. The van der Waals surface area contributed by atoms with Gasteiger partial charge in [0.2, 0.25) is 0 Å². The maximum absolute atomic E-state index is 6.21. The van der Waals surface area contributed by atoms with E-state index in [2.05, 4.69) is 5.43 Å². The van der Waals surface area contributed by atoms with Gasteiger partial charge in [-0.1, -0.05) is 23.2 Å². The molecule has 20 heavy (non-hydrogen) atoms. The van der Waals surface area contributed by atoms with Gasteiger partial charge in [-0.2, -0.15) is 0 Å². The van der Waals surface area contributed by atoms with Crippen molar-refractivity contribution in [3.63, 3.8) is 0 Å². The SMILES string of the molecule is COc1cc(C(NN)c2sccc2Cl)cc(Cl)c1OC. The van der Waals surface area contributed by atoms with Crippen molar-refractivity contribution in [2.75, 3.05) is 14.2 Å². The summed E-state index contributed by atoms with van der Waals surface area (Å²) >= 11 is 13.9. The highest BCUT2D eigenvalue weighted by molar-refractivity contribution is 7.10. The van der Waals surface area contributed by atoms with Crippen molar-refractivity contribution in [3.05, 3.63) is 44.1 Å². The van der Waals surface area contributed by atoms with Gasteiger partial charge in [-0.3, -0.25) is 5.84 Å². The molecule has 1 aromatic heterocycles. The quantitative estimate of drug-likeness (QED) is 0.648. The molecule has 3 N–H and O–H groups in total. The van der Waals surface area contributed by atoms with Crippen molar-refractivity contribution in [2.45, 2.75) is 6.04 Å². The van der Waals surface area contributed by atoms with Gasteiger partial charge in [0.25, 0.3) is 0 Å². The van der Waals surface area contributed by atoms with E-state index in [0.717, 1.165) is 10.4 Å². The fraction of sp³-hybridized carbons (Fsp3) is 0.231. The average molecular weight is 333 g/mol. The van der Waals surface area contributed by atoms with Crippen LogP contribution in [-0.2, 0) is 0 Å². The number of benzene rings is 1. The van der Waals surface area contributed by atoms with Crippen LogP contribution in [0.2, 0.25) is 10.0 Å². The maximum Gasteiger partial charge on any atom is 0.179 e. The van der Waals surface area contributed by atoms with Crippen LogP contribution in [0.5, 0.6) is 11.5 Å². The van der Waals surface area contributed by atoms with E-state index in [4.69, 9.17) is 38.5 Å². The normalized spacial score (nSPS) is 12.2. The number of hydrogen-bond acceptors (Lipinski definition) is 5. The molecule has 0 saturated heterocycles. The van der Waals surface area contributed by atoms with Crippen molar-refractivity contribution >= 4 is 34.5 Å². The predicted molar refractivity (Wildman–Crippen MR) is 83.1 cm³/mol. The summed E-state index contributed by atoms with van der Waals surface area (Å²) < 4.78 is 10.5. The average Bonchev–Trinajstić information content (AvgIpc) is 2.85. The minimum atomic E-state index is -0.264. The van der Waals surface area contributed by atoms with Crippen molar-refractivity contribution in [1.82, 2.24) is 5.43 Å². The fourth-order valence-electron chi connectivity index (χ4n) is 1.94. The van der Waals surface area contributed by atoms with Gasteiger partial charge in [0, 0.05) is 4.88 Å². The molecule has 108 valence electrons. The number of nitrogens with one attached hydrogen (secondary N) is 1. The molecule has 4 nitrogen and oxygen atoms in total. The largest absolute Gasteiger partial charge is 0.493 e. The van der Waals surface area contributed by atoms with Gasteiger partial charge in [-0.15, -0.1) is 11.3 Å². The van der Waals surface area contributed by atoms with Gasteiger partial charge < -0.3 is 9.47 Å². The first-order chi connectivity index (χ1) is 9.62. The Morgan fingerprint density at radius 1 is 1.20 bits per heavy atom. The number of nitrogens with two attached hydrogens (primary N) is 1. The van der Waals surface area contributed by atoms with E-state index in [9.17, 15) is 0 Å². The molecule has 0 aliphatic heterocycles. The summed E-state index contributed by atoms with van der Waals surface area (Å²) in [7, 11) is 3.10. The molecular formula is C13H14Cl2N2O2S. The van der Waals surface area contributed by atoms with Crippen LogP contribution < -0.4 is 20.7 Å². The highest BCUT2D eigenvalue weighted by atomic mass is 35.5. The molecule has 0 amide bonds. The minimum Gasteiger partial charge on any atom is -0.493 e. The molecule has 2 rings (SSSR count). The number of thiophene rings is 1. The zero-order valence-corrected chi connectivity index (χ0v) is 13.3. The van der Waals surface area contributed by atoms with Crippen molar-refractivity contribution in [2.24, 2.45) is 5.84 Å². The molecule has 2 aromatic rings. The molecule has 0 aliphatic rings. The second kappa shape index (κ2) is 6.65. The summed E-state index contributed by atoms with van der Waals surface area (Å²) in [5.74, 6) is 6.70. The second-order valence-corrected chi connectivity index (χ2v) is 5.73. The van der Waals surface area contributed by atoms with Crippen LogP contribution in [-0.4, -0.2) is 14.2 Å². The highest BCUT2D eigenvalue weighted by Crippen LogP contribution is 2.40. The highest BCUT2D eigenvalue weighted by Gasteiger charge is 2.20. The zero-order chi connectivity index (χ0) is 14.7. The number of hydrazine groups is 1. The summed E-state index contributed by atoms with van der Waals surface area (Å²) in [5, 5.41) is 3.02. The van der Waals surface area contributed by atoms with Crippen molar-refractivity contribution in [1.29, 1.82) is 0 Å². The third kappa shape index (κ3) is 2.87. The molecule has 1 unspecified atom stereocenters. The van der Waals surface area contributed by atoms with E-state index in [1.165, 1.54) is 18.4 Å². The Kier molecular flexibility index (Phi) is 5.12. The Labute approximate surface area is 131 Å². The lowest BCUT2D eigenvalue weighted by Crippen LogP contribution is -2.28. The maximum atomic E-state index is 6.21. The minimum absolute atomic E-state index is 0.264. The van der Waals surface area contributed by atoms with Crippen LogP contribution in [0.3, 0.4) is 0 Å². The number of halogens is 2. The molecule has 0 spiro atoms. The molecule has 1 atom stereocenters. The van der Waals surface area contributed by atoms with Gasteiger partial charge in [0.05, 0.1) is 30.3 Å². The molecule has 0 aliphatic carbocycles. The first kappa shape index (κ1) is 15.4. The Morgan fingerprint density at radius 3 is 2.45 bits per heavy atom. The number of ether oxygens (including phenoxy) is 2. The summed E-state index contributed by atoms with van der Waals surface area (Å²) in [6.07, 6.45) is 0. The number of methoxy groups -OCH3 is 2. The molecular weight excluding hydrogens is 319 g/mol. The summed E-state index contributed by atoms with van der Waals surface area (Å²) in [5.41, 5.74) is 3.60. The standard InChI is InChI=1S/C13H14Cl2N2O2S/c1-18-10-6-7(5-9(15)12(10)19-2)11(17-16)13-8(14)3-4-20-13/h3-6,11,17H,16H2,1-2H3. The van der Waals surface area contributed by atoms with Crippen molar-refractivity contribution in [3.8, 4) is 11.5 Å². The lowest BCUT2D eigenvalue weighted by Gasteiger charge is -2.18. The smallest absolute Gasteiger partial charge is 0.179 e. The third-order valence-corrected chi connectivity index (χ3v) is 4.57. The van der Waals surface area contributed by atoms with Crippen LogP contribution in [0.4, 0.5) is 0 Å². The Bertz CT molecular complexity index is 604. The molecule has 1 aromatic carbocycles. The topological polar surface area (TPSA) is 56.5 Å². The molecule has 0 saturated carbocycles. The first-order valence-corrected chi connectivity index (χ1v) is 7.36. The predicted octanol–water partition coefficient (Wildman–Crippen LogP) is 3.62.